The van der Waals surface area contributed by atoms with E-state index in [-0.39, 0.29) is 0 Å². The van der Waals surface area contributed by atoms with Crippen molar-refractivity contribution in [3.05, 3.63) is 145 Å². The molecule has 8 aromatic rings. The number of anilines is 3. The molecule has 1 aromatic heterocycles. The van der Waals surface area contributed by atoms with Crippen LogP contribution in [-0.4, -0.2) is 4.98 Å². The molecule has 0 fully saturated rings. The SMILES string of the molecule is N#Cc1ccc(N(c2ccccc2)c2ccc3ccc4c5ccccc5c5oc(-c6ccccc6)nc5c4c3c2)cc1. The van der Waals surface area contributed by atoms with Crippen LogP contribution in [0.15, 0.2) is 144 Å². The Bertz CT molecular complexity index is 2300. The molecule has 0 atom stereocenters. The summed E-state index contributed by atoms with van der Waals surface area (Å²) in [6, 6.07) is 49.6. The number of rotatable bonds is 4. The highest BCUT2D eigenvalue weighted by atomic mass is 16.3. The quantitative estimate of drug-likeness (QED) is 0.210. The third-order valence-corrected chi connectivity index (χ3v) is 7.88. The van der Waals surface area contributed by atoms with E-state index >= 15 is 0 Å². The predicted octanol–water partition coefficient (Wildman–Crippen LogP) is 10.3. The first kappa shape index (κ1) is 23.9. The van der Waals surface area contributed by atoms with Crippen molar-refractivity contribution in [3.8, 4) is 17.5 Å². The minimum Gasteiger partial charge on any atom is -0.435 e. The lowest BCUT2D eigenvalue weighted by Gasteiger charge is -2.26. The Labute approximate surface area is 242 Å². The lowest BCUT2D eigenvalue weighted by molar-refractivity contribution is 0.623. The van der Waals surface area contributed by atoms with Crippen LogP contribution in [0, 0.1) is 11.3 Å². The van der Waals surface area contributed by atoms with Crippen molar-refractivity contribution < 1.29 is 4.42 Å². The molecule has 0 saturated carbocycles. The Kier molecular flexibility index (Phi) is 5.48. The summed E-state index contributed by atoms with van der Waals surface area (Å²) in [6.45, 7) is 0. The molecule has 0 aliphatic heterocycles. The second-order valence-corrected chi connectivity index (χ2v) is 10.3. The van der Waals surface area contributed by atoms with Crippen LogP contribution >= 0.6 is 0 Å². The first-order valence-electron chi connectivity index (χ1n) is 13.9. The largest absolute Gasteiger partial charge is 0.435 e. The van der Waals surface area contributed by atoms with Gasteiger partial charge in [0.15, 0.2) is 5.58 Å². The Morgan fingerprint density at radius 2 is 1.21 bits per heavy atom. The smallest absolute Gasteiger partial charge is 0.227 e. The number of benzene rings is 7. The molecule has 0 spiro atoms. The maximum absolute atomic E-state index is 9.38. The molecule has 8 rings (SSSR count). The first-order chi connectivity index (χ1) is 20.8. The molecule has 7 aromatic carbocycles. The van der Waals surface area contributed by atoms with Crippen LogP contribution in [0.1, 0.15) is 5.56 Å². The predicted molar refractivity (Wildman–Crippen MR) is 171 cm³/mol. The second-order valence-electron chi connectivity index (χ2n) is 10.3. The second kappa shape index (κ2) is 9.62. The topological polar surface area (TPSA) is 53.1 Å². The zero-order valence-corrected chi connectivity index (χ0v) is 22.5. The Morgan fingerprint density at radius 3 is 1.98 bits per heavy atom. The van der Waals surface area contributed by atoms with E-state index in [9.17, 15) is 5.26 Å². The molecule has 0 bridgehead atoms. The van der Waals surface area contributed by atoms with Gasteiger partial charge in [-0.1, -0.05) is 78.9 Å². The summed E-state index contributed by atoms with van der Waals surface area (Å²) in [5.41, 5.74) is 6.25. The van der Waals surface area contributed by atoms with Gasteiger partial charge in [0.1, 0.15) is 5.52 Å². The molecule has 0 aliphatic rings. The summed E-state index contributed by atoms with van der Waals surface area (Å²) < 4.78 is 6.51. The number of nitrogens with zero attached hydrogens (tertiary/aromatic N) is 3. The standard InChI is InChI=1S/C38H23N3O/c39-24-25-15-19-29(20-16-25)41(28-11-5-2-6-12-28)30-21-17-26-18-22-32-31-13-7-8-14-33(31)37-36(35(32)34(26)23-30)40-38(42-37)27-9-3-1-4-10-27/h1-23H. The van der Waals surface area contributed by atoms with E-state index in [0.29, 0.717) is 11.5 Å². The van der Waals surface area contributed by atoms with Crippen LogP contribution < -0.4 is 4.90 Å². The molecule has 196 valence electrons. The minimum atomic E-state index is 0.611. The zero-order valence-electron chi connectivity index (χ0n) is 22.5. The van der Waals surface area contributed by atoms with Crippen molar-refractivity contribution in [1.29, 1.82) is 5.26 Å². The Morgan fingerprint density at radius 1 is 0.571 bits per heavy atom. The van der Waals surface area contributed by atoms with Crippen LogP contribution in [0.25, 0.3) is 54.9 Å². The highest BCUT2D eigenvalue weighted by molar-refractivity contribution is 6.29. The fourth-order valence-corrected chi connectivity index (χ4v) is 5.93. The lowest BCUT2D eigenvalue weighted by Crippen LogP contribution is -2.09. The number of hydrogen-bond donors (Lipinski definition) is 0. The minimum absolute atomic E-state index is 0.611. The number of fused-ring (bicyclic) bond motifs is 8. The van der Waals surface area contributed by atoms with E-state index in [2.05, 4.69) is 71.6 Å². The molecule has 1 heterocycles. The number of oxazole rings is 1. The molecular weight excluding hydrogens is 514 g/mol. The molecule has 4 nitrogen and oxygen atoms in total. The molecule has 0 saturated heterocycles. The molecule has 0 unspecified atom stereocenters. The maximum atomic E-state index is 9.38. The molecule has 0 amide bonds. The summed E-state index contributed by atoms with van der Waals surface area (Å²) >= 11 is 0. The fraction of sp³-hybridized carbons (Fsp3) is 0. The van der Waals surface area contributed by atoms with Gasteiger partial charge < -0.3 is 9.32 Å². The average molecular weight is 538 g/mol. The van der Waals surface area contributed by atoms with E-state index in [1.807, 2.05) is 78.9 Å². The van der Waals surface area contributed by atoms with Crippen molar-refractivity contribution in [2.24, 2.45) is 0 Å². The third kappa shape index (κ3) is 3.80. The average Bonchev–Trinajstić information content (AvgIpc) is 3.52. The van der Waals surface area contributed by atoms with E-state index in [1.165, 1.54) is 0 Å². The van der Waals surface area contributed by atoms with Crippen molar-refractivity contribution in [2.75, 3.05) is 4.90 Å². The van der Waals surface area contributed by atoms with Gasteiger partial charge in [-0.3, -0.25) is 0 Å². The third-order valence-electron chi connectivity index (χ3n) is 7.88. The number of hydrogen-bond acceptors (Lipinski definition) is 4. The highest BCUT2D eigenvalue weighted by Gasteiger charge is 2.19. The Hall–Kier alpha value is -5.92. The first-order valence-corrected chi connectivity index (χ1v) is 13.9. The van der Waals surface area contributed by atoms with E-state index in [0.717, 1.165) is 66.0 Å². The van der Waals surface area contributed by atoms with E-state index in [4.69, 9.17) is 9.40 Å². The molecule has 0 radical (unpaired) electrons. The van der Waals surface area contributed by atoms with Gasteiger partial charge in [-0.2, -0.15) is 5.26 Å². The summed E-state index contributed by atoms with van der Waals surface area (Å²) in [5.74, 6) is 0.611. The Balaban J connectivity index is 1.45. The lowest BCUT2D eigenvalue weighted by atomic mass is 9.95. The zero-order chi connectivity index (χ0) is 28.0. The van der Waals surface area contributed by atoms with E-state index < -0.39 is 0 Å². The monoisotopic (exact) mass is 537 g/mol. The summed E-state index contributed by atoms with van der Waals surface area (Å²) in [6.07, 6.45) is 0. The van der Waals surface area contributed by atoms with Crippen molar-refractivity contribution in [1.82, 2.24) is 4.98 Å². The van der Waals surface area contributed by atoms with Crippen LogP contribution in [-0.2, 0) is 0 Å². The van der Waals surface area contributed by atoms with Crippen molar-refractivity contribution in [3.63, 3.8) is 0 Å². The van der Waals surface area contributed by atoms with Crippen molar-refractivity contribution >= 4 is 60.5 Å². The van der Waals surface area contributed by atoms with Gasteiger partial charge in [-0.15, -0.1) is 0 Å². The molecule has 4 heteroatoms. The summed E-state index contributed by atoms with van der Waals surface area (Å²) in [4.78, 5) is 7.33. The molecule has 0 N–H and O–H groups in total. The van der Waals surface area contributed by atoms with Gasteiger partial charge in [-0.05, 0) is 82.2 Å². The van der Waals surface area contributed by atoms with Crippen molar-refractivity contribution in [2.45, 2.75) is 0 Å². The van der Waals surface area contributed by atoms with Crippen LogP contribution in [0.5, 0.6) is 0 Å². The van der Waals surface area contributed by atoms with Crippen LogP contribution in [0.3, 0.4) is 0 Å². The molecule has 42 heavy (non-hydrogen) atoms. The maximum Gasteiger partial charge on any atom is 0.227 e. The number of nitriles is 1. The fourth-order valence-electron chi connectivity index (χ4n) is 5.93. The molecular formula is C38H23N3O. The highest BCUT2D eigenvalue weighted by Crippen LogP contribution is 2.43. The number of aromatic nitrogens is 1. The van der Waals surface area contributed by atoms with Crippen LogP contribution in [0.4, 0.5) is 17.1 Å². The van der Waals surface area contributed by atoms with Crippen LogP contribution in [0.2, 0.25) is 0 Å². The van der Waals surface area contributed by atoms with Gasteiger partial charge in [0.2, 0.25) is 5.89 Å². The normalized spacial score (nSPS) is 11.3. The van der Waals surface area contributed by atoms with Gasteiger partial charge in [0, 0.05) is 33.4 Å². The van der Waals surface area contributed by atoms with Gasteiger partial charge in [0.25, 0.3) is 0 Å². The summed E-state index contributed by atoms with van der Waals surface area (Å²) in [7, 11) is 0. The van der Waals surface area contributed by atoms with Gasteiger partial charge in [-0.25, -0.2) is 4.98 Å². The molecule has 0 aliphatic carbocycles. The van der Waals surface area contributed by atoms with Gasteiger partial charge in [0.05, 0.1) is 11.6 Å². The van der Waals surface area contributed by atoms with Gasteiger partial charge >= 0.3 is 0 Å². The number of para-hydroxylation sites is 1. The summed E-state index contributed by atoms with van der Waals surface area (Å²) in [5, 5.41) is 16.0. The van der Waals surface area contributed by atoms with E-state index in [1.54, 1.807) is 0 Å².